The van der Waals surface area contributed by atoms with E-state index in [4.69, 9.17) is 5.26 Å². The van der Waals surface area contributed by atoms with Crippen LogP contribution in [-0.4, -0.2) is 60.7 Å². The van der Waals surface area contributed by atoms with Gasteiger partial charge in [0.2, 0.25) is 0 Å². The molecule has 20 heavy (non-hydrogen) atoms. The van der Waals surface area contributed by atoms with E-state index in [9.17, 15) is 0 Å². The van der Waals surface area contributed by atoms with Gasteiger partial charge in [0.1, 0.15) is 11.8 Å². The maximum absolute atomic E-state index is 9.02. The fraction of sp³-hybridized carbons (Fsp3) is 0.667. The smallest absolute Gasteiger partial charge is 0.120 e. The minimum Gasteiger partial charge on any atom is -0.340 e. The van der Waals surface area contributed by atoms with E-state index in [0.717, 1.165) is 25.3 Å². The lowest BCUT2D eigenvalue weighted by molar-refractivity contribution is 0.154. The highest BCUT2D eigenvalue weighted by molar-refractivity contribution is 5.33. The fourth-order valence-electron chi connectivity index (χ4n) is 2.58. The summed E-state index contributed by atoms with van der Waals surface area (Å²) in [6, 6.07) is 4.21. The number of aromatic nitrogens is 1. The topological polar surface area (TPSA) is 47.2 Å². The highest BCUT2D eigenvalue weighted by Crippen LogP contribution is 2.12. The highest BCUT2D eigenvalue weighted by Gasteiger charge is 2.13. The number of nitrogens with one attached hydrogen (secondary N) is 1. The number of hydrogen-bond donors (Lipinski definition) is 1. The molecule has 5 heteroatoms. The normalized spacial score (nSPS) is 17.3. The van der Waals surface area contributed by atoms with Crippen molar-refractivity contribution in [3.05, 3.63) is 23.0 Å². The molecule has 0 atom stereocenters. The van der Waals surface area contributed by atoms with Gasteiger partial charge < -0.3 is 14.8 Å². The van der Waals surface area contributed by atoms with Gasteiger partial charge >= 0.3 is 0 Å². The van der Waals surface area contributed by atoms with Crippen LogP contribution in [-0.2, 0) is 13.6 Å². The van der Waals surface area contributed by atoms with Crippen LogP contribution < -0.4 is 5.32 Å². The van der Waals surface area contributed by atoms with E-state index in [1.165, 1.54) is 37.4 Å². The van der Waals surface area contributed by atoms with Crippen LogP contribution in [0.15, 0.2) is 6.07 Å². The van der Waals surface area contributed by atoms with Crippen molar-refractivity contribution in [1.82, 2.24) is 19.7 Å². The minimum absolute atomic E-state index is 0.735. The zero-order valence-electron chi connectivity index (χ0n) is 12.8. The van der Waals surface area contributed by atoms with Gasteiger partial charge in [-0.2, -0.15) is 5.26 Å². The zero-order chi connectivity index (χ0) is 14.5. The average molecular weight is 275 g/mol. The molecule has 1 aromatic heterocycles. The van der Waals surface area contributed by atoms with Crippen molar-refractivity contribution >= 4 is 0 Å². The quantitative estimate of drug-likeness (QED) is 0.797. The van der Waals surface area contributed by atoms with Crippen molar-refractivity contribution in [2.45, 2.75) is 13.5 Å². The number of piperazine rings is 1. The van der Waals surface area contributed by atoms with Crippen molar-refractivity contribution in [2.75, 3.05) is 46.3 Å². The van der Waals surface area contributed by atoms with Gasteiger partial charge in [0, 0.05) is 58.6 Å². The Labute approximate surface area is 121 Å². The Hall–Kier alpha value is -1.35. The van der Waals surface area contributed by atoms with E-state index in [1.54, 1.807) is 0 Å². The van der Waals surface area contributed by atoms with Gasteiger partial charge in [-0.3, -0.25) is 4.90 Å². The summed E-state index contributed by atoms with van der Waals surface area (Å²) in [4.78, 5) is 4.88. The van der Waals surface area contributed by atoms with Crippen LogP contribution in [0.5, 0.6) is 0 Å². The third-order valence-electron chi connectivity index (χ3n) is 4.27. The third-order valence-corrected chi connectivity index (χ3v) is 4.27. The van der Waals surface area contributed by atoms with Crippen molar-refractivity contribution in [2.24, 2.45) is 7.05 Å². The second-order valence-corrected chi connectivity index (χ2v) is 5.63. The molecule has 110 valence electrons. The molecule has 1 fully saturated rings. The summed E-state index contributed by atoms with van der Waals surface area (Å²) < 4.78 is 1.96. The zero-order valence-corrected chi connectivity index (χ0v) is 12.8. The average Bonchev–Trinajstić information content (AvgIpc) is 2.73. The van der Waals surface area contributed by atoms with Gasteiger partial charge in [-0.05, 0) is 25.6 Å². The minimum atomic E-state index is 0.735. The van der Waals surface area contributed by atoms with Gasteiger partial charge in [0.05, 0.1) is 0 Å². The summed E-state index contributed by atoms with van der Waals surface area (Å²) in [5.74, 6) is 0. The largest absolute Gasteiger partial charge is 0.340 e. The van der Waals surface area contributed by atoms with Gasteiger partial charge in [-0.25, -0.2) is 0 Å². The number of rotatable bonds is 5. The molecular formula is C15H25N5. The molecule has 0 amide bonds. The molecule has 1 saturated heterocycles. The molecule has 0 aromatic carbocycles. The lowest BCUT2D eigenvalue weighted by atomic mass is 10.2. The lowest BCUT2D eigenvalue weighted by Gasteiger charge is -2.32. The van der Waals surface area contributed by atoms with Crippen LogP contribution in [0, 0.1) is 18.3 Å². The Morgan fingerprint density at radius 1 is 1.25 bits per heavy atom. The first-order chi connectivity index (χ1) is 9.61. The molecule has 0 aliphatic carbocycles. The Balaban J connectivity index is 1.72. The first kappa shape index (κ1) is 15.0. The summed E-state index contributed by atoms with van der Waals surface area (Å²) in [7, 11) is 4.13. The van der Waals surface area contributed by atoms with Crippen LogP contribution in [0.4, 0.5) is 0 Å². The Bertz CT molecular complexity index is 477. The number of nitriles is 1. The lowest BCUT2D eigenvalue weighted by Crippen LogP contribution is -2.46. The standard InChI is InChI=1S/C15H25N5/c1-13-14(10-15(11-16)19(13)3)12-17-4-5-20-8-6-18(2)7-9-20/h10,17H,4-9,12H2,1-3H3. The molecule has 0 spiro atoms. The van der Waals surface area contributed by atoms with E-state index in [1.807, 2.05) is 17.7 Å². The maximum Gasteiger partial charge on any atom is 0.120 e. The first-order valence-electron chi connectivity index (χ1n) is 7.28. The number of hydrogen-bond acceptors (Lipinski definition) is 4. The predicted molar refractivity (Wildman–Crippen MR) is 80.5 cm³/mol. The van der Waals surface area contributed by atoms with Gasteiger partial charge in [0.25, 0.3) is 0 Å². The highest BCUT2D eigenvalue weighted by atomic mass is 15.2. The van der Waals surface area contributed by atoms with Gasteiger partial charge in [-0.1, -0.05) is 0 Å². The number of nitrogens with zero attached hydrogens (tertiary/aromatic N) is 4. The van der Waals surface area contributed by atoms with Crippen molar-refractivity contribution in [3.63, 3.8) is 0 Å². The Morgan fingerprint density at radius 3 is 2.55 bits per heavy atom. The second kappa shape index (κ2) is 6.89. The summed E-state index contributed by atoms with van der Waals surface area (Å²) in [5.41, 5.74) is 3.13. The fourth-order valence-corrected chi connectivity index (χ4v) is 2.58. The van der Waals surface area contributed by atoms with E-state index in [0.29, 0.717) is 0 Å². The summed E-state index contributed by atoms with van der Waals surface area (Å²) in [6.07, 6.45) is 0. The van der Waals surface area contributed by atoms with E-state index < -0.39 is 0 Å². The Kier molecular flexibility index (Phi) is 5.18. The molecule has 1 aliphatic rings. The molecule has 0 bridgehead atoms. The van der Waals surface area contributed by atoms with E-state index in [-0.39, 0.29) is 0 Å². The van der Waals surface area contributed by atoms with Crippen LogP contribution in [0.2, 0.25) is 0 Å². The SMILES string of the molecule is Cc1c(CNCCN2CCN(C)CC2)cc(C#N)n1C. The molecule has 0 unspecified atom stereocenters. The first-order valence-corrected chi connectivity index (χ1v) is 7.28. The summed E-state index contributed by atoms with van der Waals surface area (Å²) >= 11 is 0. The molecule has 1 aromatic rings. The van der Waals surface area contributed by atoms with E-state index in [2.05, 4.69) is 35.2 Å². The molecule has 0 radical (unpaired) electrons. The van der Waals surface area contributed by atoms with Crippen LogP contribution >= 0.6 is 0 Å². The van der Waals surface area contributed by atoms with E-state index >= 15 is 0 Å². The molecule has 1 aliphatic heterocycles. The summed E-state index contributed by atoms with van der Waals surface area (Å²) in [5, 5.41) is 12.5. The molecule has 1 N–H and O–H groups in total. The third kappa shape index (κ3) is 3.60. The summed E-state index contributed by atoms with van der Waals surface area (Å²) in [6.45, 7) is 9.69. The molecule has 2 heterocycles. The van der Waals surface area contributed by atoms with Crippen LogP contribution in [0.1, 0.15) is 17.0 Å². The van der Waals surface area contributed by atoms with Crippen molar-refractivity contribution in [1.29, 1.82) is 5.26 Å². The Morgan fingerprint density at radius 2 is 1.95 bits per heavy atom. The second-order valence-electron chi connectivity index (χ2n) is 5.63. The molecular weight excluding hydrogens is 250 g/mol. The molecule has 0 saturated carbocycles. The van der Waals surface area contributed by atoms with Gasteiger partial charge in [0.15, 0.2) is 0 Å². The molecule has 2 rings (SSSR count). The van der Waals surface area contributed by atoms with Crippen LogP contribution in [0.25, 0.3) is 0 Å². The predicted octanol–water partition coefficient (Wildman–Crippen LogP) is 0.542. The monoisotopic (exact) mass is 275 g/mol. The van der Waals surface area contributed by atoms with Crippen LogP contribution in [0.3, 0.4) is 0 Å². The number of likely N-dealkylation sites (N-methyl/N-ethyl adjacent to an activating group) is 1. The molecule has 5 nitrogen and oxygen atoms in total. The van der Waals surface area contributed by atoms with Crippen molar-refractivity contribution < 1.29 is 0 Å². The van der Waals surface area contributed by atoms with Crippen molar-refractivity contribution in [3.8, 4) is 6.07 Å². The van der Waals surface area contributed by atoms with Gasteiger partial charge in [-0.15, -0.1) is 0 Å². The maximum atomic E-state index is 9.02.